The van der Waals surface area contributed by atoms with Gasteiger partial charge in [-0.25, -0.2) is 0 Å². The molecule has 3 rings (SSSR count). The van der Waals surface area contributed by atoms with Gasteiger partial charge >= 0.3 is 0 Å². The molecule has 8 heteroatoms. The van der Waals surface area contributed by atoms with Gasteiger partial charge in [-0.05, 0) is 38.4 Å². The van der Waals surface area contributed by atoms with Gasteiger partial charge in [0.05, 0.1) is 30.9 Å². The Kier molecular flexibility index (Phi) is 6.87. The van der Waals surface area contributed by atoms with E-state index in [1.807, 2.05) is 19.0 Å². The minimum absolute atomic E-state index is 0.00510. The Hall–Kier alpha value is -3.03. The number of ketones is 1. The number of amides is 1. The number of aliphatic hydroxyl groups is 1. The lowest BCUT2D eigenvalue weighted by Crippen LogP contribution is -2.35. The minimum atomic E-state index is -0.794. The van der Waals surface area contributed by atoms with Crippen LogP contribution in [0.25, 0.3) is 5.76 Å². The Labute approximate surface area is 186 Å². The third-order valence-electron chi connectivity index (χ3n) is 5.19. The fraction of sp³-hybridized carbons (Fsp3) is 0.304. The van der Waals surface area contributed by atoms with Crippen LogP contribution in [-0.4, -0.2) is 68.0 Å². The zero-order valence-corrected chi connectivity index (χ0v) is 18.6. The highest BCUT2D eigenvalue weighted by Gasteiger charge is 2.46. The molecule has 0 saturated carbocycles. The monoisotopic (exact) mass is 444 g/mol. The van der Waals surface area contributed by atoms with E-state index in [1.165, 1.54) is 25.2 Å². The van der Waals surface area contributed by atoms with Crippen molar-refractivity contribution in [2.75, 3.05) is 41.4 Å². The Bertz CT molecular complexity index is 1030. The number of Topliss-reactive ketones (excluding diaryl/α,β-unsaturated/α-hetero) is 1. The summed E-state index contributed by atoms with van der Waals surface area (Å²) >= 11 is 6.21. The van der Waals surface area contributed by atoms with Gasteiger partial charge in [0.25, 0.3) is 11.7 Å². The molecule has 2 aromatic carbocycles. The topological polar surface area (TPSA) is 79.3 Å². The lowest BCUT2D eigenvalue weighted by atomic mass is 9.94. The molecule has 1 atom stereocenters. The molecule has 0 bridgehead atoms. The number of halogens is 1. The SMILES string of the molecule is COc1ccc(/C(O)=C2\C(=O)C(=O)N(CCN(C)C)[C@@H]2c2ccccc2OC)cc1Cl. The first-order chi connectivity index (χ1) is 14.8. The van der Waals surface area contributed by atoms with Crippen molar-refractivity contribution in [3.63, 3.8) is 0 Å². The van der Waals surface area contributed by atoms with Crippen molar-refractivity contribution in [2.45, 2.75) is 6.04 Å². The molecule has 1 aliphatic heterocycles. The standard InChI is InChI=1S/C23H25ClN2O5/c1-25(2)11-12-26-20(15-7-5-6-8-17(15)30-3)19(22(28)23(26)29)21(27)14-9-10-18(31-4)16(24)13-14/h5-10,13,20,27H,11-12H2,1-4H3/b21-19+/t20-/m1/s1. The third kappa shape index (κ3) is 4.38. The zero-order valence-electron chi connectivity index (χ0n) is 17.9. The number of rotatable bonds is 7. The Morgan fingerprint density at radius 1 is 1.10 bits per heavy atom. The van der Waals surface area contributed by atoms with Crippen LogP contribution in [0.1, 0.15) is 17.2 Å². The summed E-state index contributed by atoms with van der Waals surface area (Å²) in [6, 6.07) is 11.0. The van der Waals surface area contributed by atoms with E-state index in [9.17, 15) is 14.7 Å². The number of hydrogen-bond donors (Lipinski definition) is 1. The second kappa shape index (κ2) is 9.41. The number of methoxy groups -OCH3 is 2. The number of ether oxygens (including phenoxy) is 2. The highest BCUT2D eigenvalue weighted by Crippen LogP contribution is 2.43. The predicted molar refractivity (Wildman–Crippen MR) is 119 cm³/mol. The Morgan fingerprint density at radius 2 is 1.77 bits per heavy atom. The van der Waals surface area contributed by atoms with Gasteiger partial charge in [0.1, 0.15) is 17.3 Å². The van der Waals surface area contributed by atoms with E-state index >= 15 is 0 Å². The van der Waals surface area contributed by atoms with Gasteiger partial charge in [-0.2, -0.15) is 0 Å². The van der Waals surface area contributed by atoms with E-state index in [2.05, 4.69) is 0 Å². The van der Waals surface area contributed by atoms with E-state index in [0.717, 1.165) is 0 Å². The van der Waals surface area contributed by atoms with Crippen LogP contribution in [-0.2, 0) is 9.59 Å². The maximum atomic E-state index is 13.0. The zero-order chi connectivity index (χ0) is 22.7. The van der Waals surface area contributed by atoms with Gasteiger partial charge in [0, 0.05) is 24.2 Å². The molecular weight excluding hydrogens is 420 g/mol. The molecule has 0 unspecified atom stereocenters. The van der Waals surface area contributed by atoms with Gasteiger partial charge in [-0.15, -0.1) is 0 Å². The fourth-order valence-corrected chi connectivity index (χ4v) is 3.86. The van der Waals surface area contributed by atoms with E-state index in [0.29, 0.717) is 35.7 Å². The van der Waals surface area contributed by atoms with E-state index in [4.69, 9.17) is 21.1 Å². The summed E-state index contributed by atoms with van der Waals surface area (Å²) in [5.74, 6) is -0.766. The van der Waals surface area contributed by atoms with Crippen LogP contribution in [0, 0.1) is 0 Å². The number of hydrogen-bond acceptors (Lipinski definition) is 6. The van der Waals surface area contributed by atoms with Gasteiger partial charge in [0.15, 0.2) is 0 Å². The first-order valence-corrected chi connectivity index (χ1v) is 10.1. The molecule has 1 aliphatic rings. The van der Waals surface area contributed by atoms with Crippen molar-refractivity contribution in [1.29, 1.82) is 0 Å². The van der Waals surface area contributed by atoms with E-state index in [1.54, 1.807) is 36.4 Å². The molecule has 2 aromatic rings. The Morgan fingerprint density at radius 3 is 2.39 bits per heavy atom. The normalized spacial score (nSPS) is 18.0. The first-order valence-electron chi connectivity index (χ1n) is 9.70. The second-order valence-corrected chi connectivity index (χ2v) is 7.79. The van der Waals surface area contributed by atoms with Gasteiger partial charge in [0.2, 0.25) is 0 Å². The van der Waals surface area contributed by atoms with Crippen molar-refractivity contribution in [3.05, 3.63) is 64.2 Å². The molecule has 7 nitrogen and oxygen atoms in total. The van der Waals surface area contributed by atoms with Crippen molar-refractivity contribution in [3.8, 4) is 11.5 Å². The summed E-state index contributed by atoms with van der Waals surface area (Å²) in [7, 11) is 6.77. The van der Waals surface area contributed by atoms with Crippen LogP contribution in [0.15, 0.2) is 48.0 Å². The number of para-hydroxylation sites is 1. The van der Waals surface area contributed by atoms with Crippen LogP contribution in [0.3, 0.4) is 0 Å². The molecule has 0 spiro atoms. The lowest BCUT2D eigenvalue weighted by molar-refractivity contribution is -0.140. The molecule has 0 aliphatic carbocycles. The van der Waals surface area contributed by atoms with Gasteiger partial charge < -0.3 is 24.4 Å². The average molecular weight is 445 g/mol. The first kappa shape index (κ1) is 22.7. The number of benzene rings is 2. The predicted octanol–water partition coefficient (Wildman–Crippen LogP) is 3.34. The van der Waals surface area contributed by atoms with Crippen molar-refractivity contribution >= 4 is 29.1 Å². The molecule has 0 aromatic heterocycles. The van der Waals surface area contributed by atoms with Crippen LogP contribution >= 0.6 is 11.6 Å². The largest absolute Gasteiger partial charge is 0.507 e. The average Bonchev–Trinajstić information content (AvgIpc) is 3.01. The molecule has 0 radical (unpaired) electrons. The van der Waals surface area contributed by atoms with Crippen LogP contribution in [0.2, 0.25) is 5.02 Å². The fourth-order valence-electron chi connectivity index (χ4n) is 3.60. The highest BCUT2D eigenvalue weighted by molar-refractivity contribution is 6.46. The quantitative estimate of drug-likeness (QED) is 0.401. The molecule has 1 amide bonds. The molecule has 164 valence electrons. The van der Waals surface area contributed by atoms with Crippen LogP contribution in [0.4, 0.5) is 0 Å². The summed E-state index contributed by atoms with van der Waals surface area (Å²) in [5.41, 5.74) is 0.926. The summed E-state index contributed by atoms with van der Waals surface area (Å²) < 4.78 is 10.6. The number of nitrogens with zero attached hydrogens (tertiary/aromatic N) is 2. The van der Waals surface area contributed by atoms with Crippen molar-refractivity contribution in [1.82, 2.24) is 9.80 Å². The Balaban J connectivity index is 2.20. The highest BCUT2D eigenvalue weighted by atomic mass is 35.5. The van der Waals surface area contributed by atoms with E-state index in [-0.39, 0.29) is 16.4 Å². The van der Waals surface area contributed by atoms with Crippen LogP contribution in [0.5, 0.6) is 11.5 Å². The molecule has 31 heavy (non-hydrogen) atoms. The van der Waals surface area contributed by atoms with Crippen molar-refractivity contribution < 1.29 is 24.2 Å². The maximum absolute atomic E-state index is 13.0. The number of likely N-dealkylation sites (tertiary alicyclic amines) is 1. The van der Waals surface area contributed by atoms with Crippen LogP contribution < -0.4 is 9.47 Å². The number of aliphatic hydroxyl groups excluding tert-OH is 1. The minimum Gasteiger partial charge on any atom is -0.507 e. The molecule has 1 heterocycles. The maximum Gasteiger partial charge on any atom is 0.295 e. The van der Waals surface area contributed by atoms with Crippen molar-refractivity contribution in [2.24, 2.45) is 0 Å². The molecule has 1 N–H and O–H groups in total. The summed E-state index contributed by atoms with van der Waals surface area (Å²) in [6.07, 6.45) is 0. The van der Waals surface area contributed by atoms with E-state index < -0.39 is 17.7 Å². The molecule has 1 fully saturated rings. The number of likely N-dealkylation sites (N-methyl/N-ethyl adjacent to an activating group) is 1. The van der Waals surface area contributed by atoms with Gasteiger partial charge in [-0.3, -0.25) is 9.59 Å². The third-order valence-corrected chi connectivity index (χ3v) is 5.48. The summed E-state index contributed by atoms with van der Waals surface area (Å²) in [6.45, 7) is 0.855. The summed E-state index contributed by atoms with van der Waals surface area (Å²) in [4.78, 5) is 29.4. The smallest absolute Gasteiger partial charge is 0.295 e. The lowest BCUT2D eigenvalue weighted by Gasteiger charge is -2.27. The number of carbonyl (C=O) groups excluding carboxylic acids is 2. The number of carbonyl (C=O) groups is 2. The molecular formula is C23H25ClN2O5. The van der Waals surface area contributed by atoms with Gasteiger partial charge in [-0.1, -0.05) is 29.8 Å². The summed E-state index contributed by atoms with van der Waals surface area (Å²) in [5, 5.41) is 11.4. The second-order valence-electron chi connectivity index (χ2n) is 7.39. The molecule has 1 saturated heterocycles.